The number of nitriles is 1. The minimum Gasteiger partial charge on any atom is -0.383 e. The normalized spacial score (nSPS) is 12.9. The first-order chi connectivity index (χ1) is 10.3. The number of nitrogen functional groups attached to an aromatic ring is 1. The van der Waals surface area contributed by atoms with Crippen LogP contribution in [0, 0.1) is 11.3 Å². The molecule has 0 saturated heterocycles. The lowest BCUT2D eigenvalue weighted by molar-refractivity contribution is -0.170. The van der Waals surface area contributed by atoms with Crippen LogP contribution in [0.5, 0.6) is 0 Å². The molecule has 2 aromatic rings. The van der Waals surface area contributed by atoms with E-state index in [0.717, 1.165) is 4.47 Å². The van der Waals surface area contributed by atoms with E-state index in [-0.39, 0.29) is 23.5 Å². The van der Waals surface area contributed by atoms with Crippen molar-refractivity contribution in [3.8, 4) is 17.3 Å². The molecule has 116 valence electrons. The largest absolute Gasteiger partial charge is 0.410 e. The second-order valence-corrected chi connectivity index (χ2v) is 5.55. The molecule has 0 saturated carbocycles. The van der Waals surface area contributed by atoms with Gasteiger partial charge in [0.05, 0.1) is 0 Å². The van der Waals surface area contributed by atoms with E-state index in [4.69, 9.17) is 5.73 Å². The Morgan fingerprint density at radius 2 is 1.95 bits per heavy atom. The van der Waals surface area contributed by atoms with Crippen molar-refractivity contribution in [2.75, 3.05) is 5.73 Å². The first-order valence-corrected chi connectivity index (χ1v) is 7.19. The van der Waals surface area contributed by atoms with Gasteiger partial charge >= 0.3 is 6.18 Å². The third-order valence-electron chi connectivity index (χ3n) is 3.24. The summed E-state index contributed by atoms with van der Waals surface area (Å²) in [5, 5.41) is 13.2. The summed E-state index contributed by atoms with van der Waals surface area (Å²) in [5.74, 6) is -0.274. The quantitative estimate of drug-likeness (QED) is 0.873. The van der Waals surface area contributed by atoms with E-state index in [2.05, 4.69) is 21.0 Å². The summed E-state index contributed by atoms with van der Waals surface area (Å²) in [6.07, 6.45) is -4.71. The van der Waals surface area contributed by atoms with Crippen LogP contribution in [0.4, 0.5) is 19.0 Å². The summed E-state index contributed by atoms with van der Waals surface area (Å²) in [4.78, 5) is 0. The molecule has 0 fully saturated rings. The Hall–Kier alpha value is -2.01. The number of rotatable bonds is 3. The molecule has 0 amide bonds. The fraction of sp³-hybridized carbons (Fsp3) is 0.286. The van der Waals surface area contributed by atoms with Gasteiger partial charge in [0.2, 0.25) is 0 Å². The summed E-state index contributed by atoms with van der Waals surface area (Å²) in [7, 11) is 0. The topological polar surface area (TPSA) is 67.6 Å². The van der Waals surface area contributed by atoms with Crippen molar-refractivity contribution in [3.05, 3.63) is 34.3 Å². The van der Waals surface area contributed by atoms with Crippen molar-refractivity contribution in [2.24, 2.45) is 0 Å². The molecule has 1 atom stereocenters. The highest BCUT2D eigenvalue weighted by molar-refractivity contribution is 9.10. The maximum Gasteiger partial charge on any atom is 0.410 e. The maximum absolute atomic E-state index is 13.1. The van der Waals surface area contributed by atoms with E-state index in [9.17, 15) is 18.4 Å². The zero-order valence-electron chi connectivity index (χ0n) is 11.5. The molecule has 8 heteroatoms. The van der Waals surface area contributed by atoms with Gasteiger partial charge in [-0.15, -0.1) is 0 Å². The SMILES string of the molecule is CCC(n1nc(-c2ccc(Br)cc2)c(C#N)c1N)C(F)(F)F. The van der Waals surface area contributed by atoms with Crippen LogP contribution in [0.1, 0.15) is 24.9 Å². The zero-order chi connectivity index (χ0) is 16.5. The highest BCUT2D eigenvalue weighted by Crippen LogP contribution is 2.37. The fourth-order valence-corrected chi connectivity index (χ4v) is 2.41. The Kier molecular flexibility index (Phi) is 4.47. The number of anilines is 1. The number of nitrogens with zero attached hydrogens (tertiary/aromatic N) is 3. The minimum atomic E-state index is -4.49. The van der Waals surface area contributed by atoms with Crippen LogP contribution in [0.3, 0.4) is 0 Å². The van der Waals surface area contributed by atoms with Crippen molar-refractivity contribution in [1.29, 1.82) is 5.26 Å². The summed E-state index contributed by atoms with van der Waals surface area (Å²) >= 11 is 3.27. The number of aromatic nitrogens is 2. The van der Waals surface area contributed by atoms with Gasteiger partial charge < -0.3 is 5.73 Å². The van der Waals surface area contributed by atoms with Crippen LogP contribution < -0.4 is 5.73 Å². The second kappa shape index (κ2) is 6.01. The molecule has 0 bridgehead atoms. The molecule has 1 aromatic heterocycles. The first-order valence-electron chi connectivity index (χ1n) is 6.40. The molecule has 2 rings (SSSR count). The molecule has 0 spiro atoms. The molecule has 0 aliphatic rings. The predicted octanol–water partition coefficient (Wildman–Crippen LogP) is 4.28. The average molecular weight is 373 g/mol. The molecule has 2 N–H and O–H groups in total. The van der Waals surface area contributed by atoms with Crippen molar-refractivity contribution < 1.29 is 13.2 Å². The van der Waals surface area contributed by atoms with Crippen molar-refractivity contribution >= 4 is 21.7 Å². The molecule has 4 nitrogen and oxygen atoms in total. The van der Waals surface area contributed by atoms with Crippen LogP contribution in [-0.4, -0.2) is 16.0 Å². The summed E-state index contributed by atoms with van der Waals surface area (Å²) < 4.78 is 40.7. The lowest BCUT2D eigenvalue weighted by atomic mass is 10.1. The smallest absolute Gasteiger partial charge is 0.383 e. The number of hydrogen-bond acceptors (Lipinski definition) is 3. The van der Waals surface area contributed by atoms with Gasteiger partial charge in [0.25, 0.3) is 0 Å². The Labute approximate surface area is 133 Å². The van der Waals surface area contributed by atoms with Gasteiger partial charge in [-0.3, -0.25) is 0 Å². The van der Waals surface area contributed by atoms with E-state index in [0.29, 0.717) is 10.2 Å². The van der Waals surface area contributed by atoms with E-state index in [1.165, 1.54) is 6.92 Å². The van der Waals surface area contributed by atoms with Crippen LogP contribution in [-0.2, 0) is 0 Å². The number of halogens is 4. The lowest BCUT2D eigenvalue weighted by Gasteiger charge is -2.20. The van der Waals surface area contributed by atoms with Gasteiger partial charge in [-0.25, -0.2) is 4.68 Å². The third kappa shape index (κ3) is 2.95. The number of benzene rings is 1. The minimum absolute atomic E-state index is 0.0509. The van der Waals surface area contributed by atoms with Gasteiger partial charge in [-0.05, 0) is 18.6 Å². The van der Waals surface area contributed by atoms with E-state index in [1.54, 1.807) is 24.3 Å². The predicted molar refractivity (Wildman–Crippen MR) is 79.9 cm³/mol. The Morgan fingerprint density at radius 1 is 1.36 bits per heavy atom. The second-order valence-electron chi connectivity index (χ2n) is 4.64. The van der Waals surface area contributed by atoms with Crippen LogP contribution in [0.25, 0.3) is 11.3 Å². The lowest BCUT2D eigenvalue weighted by Crippen LogP contribution is -2.27. The van der Waals surface area contributed by atoms with Crippen LogP contribution in [0.15, 0.2) is 28.7 Å². The molecule has 1 unspecified atom stereocenters. The molecule has 22 heavy (non-hydrogen) atoms. The van der Waals surface area contributed by atoms with Gasteiger partial charge in [0.1, 0.15) is 29.2 Å². The summed E-state index contributed by atoms with van der Waals surface area (Å²) in [6, 6.07) is 6.73. The number of nitrogens with two attached hydrogens (primary N) is 1. The highest BCUT2D eigenvalue weighted by atomic mass is 79.9. The van der Waals surface area contributed by atoms with Gasteiger partial charge in [-0.2, -0.15) is 23.5 Å². The molecule has 1 heterocycles. The Bertz CT molecular complexity index is 713. The van der Waals surface area contributed by atoms with Gasteiger partial charge in [0.15, 0.2) is 0 Å². The monoisotopic (exact) mass is 372 g/mol. The van der Waals surface area contributed by atoms with Crippen molar-refractivity contribution in [3.63, 3.8) is 0 Å². The van der Waals surface area contributed by atoms with Crippen molar-refractivity contribution in [1.82, 2.24) is 9.78 Å². The first kappa shape index (κ1) is 16.4. The molecular weight excluding hydrogens is 361 g/mol. The molecule has 0 aliphatic heterocycles. The molecule has 0 aliphatic carbocycles. The molecular formula is C14H12BrF3N4. The van der Waals surface area contributed by atoms with Gasteiger partial charge in [-0.1, -0.05) is 35.0 Å². The van der Waals surface area contributed by atoms with Gasteiger partial charge in [0, 0.05) is 10.0 Å². The number of alkyl halides is 3. The molecule has 1 aromatic carbocycles. The van der Waals surface area contributed by atoms with E-state index in [1.807, 2.05) is 6.07 Å². The molecule has 0 radical (unpaired) electrons. The third-order valence-corrected chi connectivity index (χ3v) is 3.77. The van der Waals surface area contributed by atoms with Crippen LogP contribution >= 0.6 is 15.9 Å². The Morgan fingerprint density at radius 3 is 2.41 bits per heavy atom. The number of hydrogen-bond donors (Lipinski definition) is 1. The standard InChI is InChI=1S/C14H12BrF3N4/c1-2-11(14(16,17)18)22-13(20)10(7-19)12(21-22)8-3-5-9(15)6-4-8/h3-6,11H,2,20H2,1H3. The van der Waals surface area contributed by atoms with Crippen LogP contribution in [0.2, 0.25) is 0 Å². The maximum atomic E-state index is 13.1. The zero-order valence-corrected chi connectivity index (χ0v) is 13.1. The van der Waals surface area contributed by atoms with Crippen molar-refractivity contribution in [2.45, 2.75) is 25.6 Å². The average Bonchev–Trinajstić information content (AvgIpc) is 2.76. The fourth-order valence-electron chi connectivity index (χ4n) is 2.15. The van der Waals surface area contributed by atoms with E-state index >= 15 is 0 Å². The summed E-state index contributed by atoms with van der Waals surface area (Å²) in [6.45, 7) is 1.39. The highest BCUT2D eigenvalue weighted by Gasteiger charge is 2.42. The summed E-state index contributed by atoms with van der Waals surface area (Å²) in [5.41, 5.74) is 6.35. The Balaban J connectivity index is 2.61. The van der Waals surface area contributed by atoms with E-state index < -0.39 is 12.2 Å².